The number of rotatable bonds is 2. The zero-order valence-electron chi connectivity index (χ0n) is 12.2. The highest BCUT2D eigenvalue weighted by Crippen LogP contribution is 2.26. The molecule has 1 fully saturated rings. The van der Waals surface area contributed by atoms with Crippen molar-refractivity contribution in [3.63, 3.8) is 0 Å². The topological polar surface area (TPSA) is 45.2 Å². The number of nitrogens with zero attached hydrogens (tertiary/aromatic N) is 2. The number of piperidine rings is 1. The molecule has 4 nitrogen and oxygen atoms in total. The van der Waals surface area contributed by atoms with Gasteiger partial charge < -0.3 is 10.2 Å². The van der Waals surface area contributed by atoms with Crippen LogP contribution in [0.5, 0.6) is 0 Å². The van der Waals surface area contributed by atoms with Gasteiger partial charge in [-0.25, -0.2) is 4.98 Å². The lowest BCUT2D eigenvalue weighted by molar-refractivity contribution is -0.126. The maximum atomic E-state index is 12.2. The summed E-state index contributed by atoms with van der Waals surface area (Å²) in [5.74, 6) is 0.252. The minimum Gasteiger partial charge on any atom is -0.351 e. The van der Waals surface area contributed by atoms with Crippen LogP contribution in [0.3, 0.4) is 0 Å². The molecule has 0 spiro atoms. The number of carbonyl (C=O) groups is 1. The summed E-state index contributed by atoms with van der Waals surface area (Å²) in [6.07, 6.45) is 2.03. The molecule has 2 rings (SSSR count). The molecule has 1 aliphatic rings. The highest BCUT2D eigenvalue weighted by Gasteiger charge is 2.28. The van der Waals surface area contributed by atoms with Gasteiger partial charge in [-0.15, -0.1) is 11.3 Å². The van der Waals surface area contributed by atoms with Crippen molar-refractivity contribution in [1.29, 1.82) is 0 Å². The molecule has 1 aromatic rings. The summed E-state index contributed by atoms with van der Waals surface area (Å²) < 4.78 is 0. The largest absolute Gasteiger partial charge is 0.351 e. The minimum atomic E-state index is -0.156. The lowest BCUT2D eigenvalue weighted by Crippen LogP contribution is -2.48. The smallest absolute Gasteiger partial charge is 0.225 e. The molecule has 0 radical (unpaired) electrons. The summed E-state index contributed by atoms with van der Waals surface area (Å²) in [7, 11) is 0. The molecular formula is C14H23N3OS. The molecule has 1 atom stereocenters. The van der Waals surface area contributed by atoms with E-state index in [0.717, 1.165) is 36.8 Å². The average Bonchev–Trinajstić information content (AvgIpc) is 2.74. The monoisotopic (exact) mass is 281 g/mol. The molecule has 2 heterocycles. The van der Waals surface area contributed by atoms with E-state index in [2.05, 4.69) is 20.6 Å². The molecule has 0 bridgehead atoms. The number of carbonyl (C=O) groups excluding carboxylic acids is 1. The van der Waals surface area contributed by atoms with Gasteiger partial charge in [0.15, 0.2) is 5.13 Å². The Labute approximate surface area is 119 Å². The Kier molecular flexibility index (Phi) is 4.13. The summed E-state index contributed by atoms with van der Waals surface area (Å²) in [5.41, 5.74) is 0.901. The number of amides is 1. The van der Waals surface area contributed by atoms with Crippen molar-refractivity contribution < 1.29 is 4.79 Å². The van der Waals surface area contributed by atoms with Gasteiger partial charge in [-0.05, 0) is 40.5 Å². The molecule has 1 N–H and O–H groups in total. The summed E-state index contributed by atoms with van der Waals surface area (Å²) >= 11 is 1.67. The van der Waals surface area contributed by atoms with E-state index in [1.807, 2.05) is 27.7 Å². The number of anilines is 1. The molecule has 1 aliphatic heterocycles. The van der Waals surface area contributed by atoms with E-state index in [1.54, 1.807) is 11.3 Å². The molecule has 19 heavy (non-hydrogen) atoms. The molecule has 0 aliphatic carbocycles. The molecule has 5 heteroatoms. The van der Waals surface area contributed by atoms with Crippen molar-refractivity contribution >= 4 is 22.4 Å². The van der Waals surface area contributed by atoms with Crippen LogP contribution in [0.4, 0.5) is 5.13 Å². The zero-order valence-corrected chi connectivity index (χ0v) is 13.0. The lowest BCUT2D eigenvalue weighted by Gasteiger charge is -2.33. The number of nitrogens with one attached hydrogen (secondary N) is 1. The summed E-state index contributed by atoms with van der Waals surface area (Å²) in [6.45, 7) is 9.87. The number of hydrogen-bond acceptors (Lipinski definition) is 4. The molecule has 106 valence electrons. The number of aryl methyl sites for hydroxylation is 1. The summed E-state index contributed by atoms with van der Waals surface area (Å²) in [6, 6.07) is 0. The molecule has 1 unspecified atom stereocenters. The van der Waals surface area contributed by atoms with E-state index in [9.17, 15) is 4.79 Å². The second-order valence-corrected chi connectivity index (χ2v) is 7.13. The van der Waals surface area contributed by atoms with E-state index in [-0.39, 0.29) is 17.4 Å². The predicted octanol–water partition coefficient (Wildman–Crippen LogP) is 2.58. The molecule has 1 amide bonds. The van der Waals surface area contributed by atoms with Gasteiger partial charge in [-0.3, -0.25) is 4.79 Å². The minimum absolute atomic E-state index is 0.0807. The molecule has 0 aromatic carbocycles. The Bertz CT molecular complexity index is 450. The van der Waals surface area contributed by atoms with Crippen LogP contribution in [0, 0.1) is 12.8 Å². The van der Waals surface area contributed by atoms with Crippen LogP contribution in [-0.2, 0) is 4.79 Å². The van der Waals surface area contributed by atoms with Gasteiger partial charge in [0.25, 0.3) is 0 Å². The standard InChI is InChI=1S/C14H23N3OS/c1-10-9-19-13(15-10)17-7-5-6-11(8-17)12(18)16-14(2,3)4/h9,11H,5-8H2,1-4H3,(H,16,18). The van der Waals surface area contributed by atoms with Crippen LogP contribution < -0.4 is 10.2 Å². The fourth-order valence-corrected chi connectivity index (χ4v) is 3.16. The molecular weight excluding hydrogens is 258 g/mol. The number of aromatic nitrogens is 1. The second kappa shape index (κ2) is 5.49. The maximum absolute atomic E-state index is 12.2. The first-order valence-electron chi connectivity index (χ1n) is 6.84. The third-order valence-corrected chi connectivity index (χ3v) is 4.19. The van der Waals surface area contributed by atoms with Gasteiger partial charge in [-0.2, -0.15) is 0 Å². The third-order valence-electron chi connectivity index (χ3n) is 3.17. The van der Waals surface area contributed by atoms with Crippen LogP contribution in [0.15, 0.2) is 5.38 Å². The van der Waals surface area contributed by atoms with Crippen LogP contribution >= 0.6 is 11.3 Å². The van der Waals surface area contributed by atoms with Crippen molar-refractivity contribution in [3.8, 4) is 0 Å². The van der Waals surface area contributed by atoms with E-state index < -0.39 is 0 Å². The van der Waals surface area contributed by atoms with E-state index >= 15 is 0 Å². The van der Waals surface area contributed by atoms with Gasteiger partial charge in [-0.1, -0.05) is 0 Å². The molecule has 1 aromatic heterocycles. The van der Waals surface area contributed by atoms with Gasteiger partial charge in [0, 0.05) is 24.0 Å². The Morgan fingerprint density at radius 2 is 2.26 bits per heavy atom. The lowest BCUT2D eigenvalue weighted by atomic mass is 9.96. The Morgan fingerprint density at radius 3 is 2.84 bits per heavy atom. The fourth-order valence-electron chi connectivity index (χ4n) is 2.32. The van der Waals surface area contributed by atoms with Crippen molar-refractivity contribution in [2.45, 2.75) is 46.1 Å². The summed E-state index contributed by atoms with van der Waals surface area (Å²) in [4.78, 5) is 19.0. The number of hydrogen-bond donors (Lipinski definition) is 1. The Balaban J connectivity index is 1.99. The first kappa shape index (κ1) is 14.3. The SMILES string of the molecule is Cc1csc(N2CCCC(C(=O)NC(C)(C)C)C2)n1. The zero-order chi connectivity index (χ0) is 14.0. The molecule has 1 saturated heterocycles. The Morgan fingerprint density at radius 1 is 1.53 bits per heavy atom. The van der Waals surface area contributed by atoms with Crippen molar-refractivity contribution in [1.82, 2.24) is 10.3 Å². The Hall–Kier alpha value is -1.10. The van der Waals surface area contributed by atoms with Gasteiger partial charge in [0.05, 0.1) is 11.6 Å². The number of thiazole rings is 1. The predicted molar refractivity (Wildman–Crippen MR) is 79.7 cm³/mol. The van der Waals surface area contributed by atoms with Crippen LogP contribution in [-0.4, -0.2) is 29.5 Å². The maximum Gasteiger partial charge on any atom is 0.225 e. The fraction of sp³-hybridized carbons (Fsp3) is 0.714. The average molecular weight is 281 g/mol. The van der Waals surface area contributed by atoms with Crippen LogP contribution in [0.1, 0.15) is 39.3 Å². The third kappa shape index (κ3) is 3.93. The first-order chi connectivity index (χ1) is 8.85. The summed E-state index contributed by atoms with van der Waals surface area (Å²) in [5, 5.41) is 6.19. The van der Waals surface area contributed by atoms with Crippen LogP contribution in [0.25, 0.3) is 0 Å². The van der Waals surface area contributed by atoms with Crippen molar-refractivity contribution in [3.05, 3.63) is 11.1 Å². The second-order valence-electron chi connectivity index (χ2n) is 6.30. The first-order valence-corrected chi connectivity index (χ1v) is 7.72. The van der Waals surface area contributed by atoms with E-state index in [0.29, 0.717) is 0 Å². The quantitative estimate of drug-likeness (QED) is 0.906. The van der Waals surface area contributed by atoms with Crippen molar-refractivity contribution in [2.75, 3.05) is 18.0 Å². The van der Waals surface area contributed by atoms with Gasteiger partial charge in [0.1, 0.15) is 0 Å². The van der Waals surface area contributed by atoms with Gasteiger partial charge in [0.2, 0.25) is 5.91 Å². The van der Waals surface area contributed by atoms with Crippen LogP contribution in [0.2, 0.25) is 0 Å². The highest BCUT2D eigenvalue weighted by atomic mass is 32.1. The van der Waals surface area contributed by atoms with E-state index in [4.69, 9.17) is 0 Å². The molecule has 0 saturated carbocycles. The van der Waals surface area contributed by atoms with Crippen molar-refractivity contribution in [2.24, 2.45) is 5.92 Å². The normalized spacial score (nSPS) is 20.4. The highest BCUT2D eigenvalue weighted by molar-refractivity contribution is 7.13. The van der Waals surface area contributed by atoms with E-state index in [1.165, 1.54) is 0 Å². The van der Waals surface area contributed by atoms with Gasteiger partial charge >= 0.3 is 0 Å².